The third-order valence-corrected chi connectivity index (χ3v) is 4.31. The second-order valence-corrected chi connectivity index (χ2v) is 6.18. The van der Waals surface area contributed by atoms with Crippen LogP contribution in [0.1, 0.15) is 0 Å². The Morgan fingerprint density at radius 2 is 2.22 bits per heavy atom. The monoisotopic (exact) mass is 288 g/mol. The van der Waals surface area contributed by atoms with Crippen LogP contribution in [0.3, 0.4) is 0 Å². The highest BCUT2D eigenvalue weighted by Gasteiger charge is 2.18. The highest BCUT2D eigenvalue weighted by molar-refractivity contribution is 7.99. The van der Waals surface area contributed by atoms with Crippen LogP contribution in [0.15, 0.2) is 23.1 Å². The predicted molar refractivity (Wildman–Crippen MR) is 72.2 cm³/mol. The molecule has 0 aliphatic carbocycles. The van der Waals surface area contributed by atoms with Crippen LogP contribution in [0.2, 0.25) is 0 Å². The molecule has 4 nitrogen and oxygen atoms in total. The van der Waals surface area contributed by atoms with Crippen LogP contribution < -0.4 is 10.5 Å². The predicted octanol–water partition coefficient (Wildman–Crippen LogP) is 1.05. The number of anilines is 1. The number of hydrogen-bond donors (Lipinski definition) is 2. The maximum atomic E-state index is 13.4. The van der Waals surface area contributed by atoms with Crippen LogP contribution in [0, 0.1) is 18.2 Å². The summed E-state index contributed by atoms with van der Waals surface area (Å²) in [7, 11) is -3.87. The summed E-state index contributed by atoms with van der Waals surface area (Å²) in [6.45, 7) is 0.183. The zero-order chi connectivity index (χ0) is 13.6. The molecule has 0 unspecified atom stereocenters. The van der Waals surface area contributed by atoms with Gasteiger partial charge in [0.25, 0.3) is 0 Å². The molecule has 0 radical (unpaired) electrons. The van der Waals surface area contributed by atoms with Gasteiger partial charge in [-0.05, 0) is 18.2 Å². The third-order valence-electron chi connectivity index (χ3n) is 1.97. The van der Waals surface area contributed by atoms with E-state index in [1.807, 2.05) is 0 Å². The third kappa shape index (κ3) is 4.22. The Hall–Kier alpha value is -1.23. The molecule has 3 N–H and O–H groups in total. The lowest BCUT2D eigenvalue weighted by molar-refractivity contribution is 0.559. The summed E-state index contributed by atoms with van der Waals surface area (Å²) < 4.78 is 39.2. The first kappa shape index (κ1) is 14.8. The number of nitrogens with one attached hydrogen (secondary N) is 1. The minimum absolute atomic E-state index is 0.183. The van der Waals surface area contributed by atoms with E-state index in [0.29, 0.717) is 11.5 Å². The van der Waals surface area contributed by atoms with Crippen molar-refractivity contribution in [2.45, 2.75) is 4.90 Å². The van der Waals surface area contributed by atoms with Crippen molar-refractivity contribution >= 4 is 27.5 Å². The van der Waals surface area contributed by atoms with Crippen molar-refractivity contribution in [3.05, 3.63) is 24.0 Å². The molecule has 0 saturated carbocycles. The SMILES string of the molecule is C#CCSCCNS(=O)(=O)c1cc(N)ccc1F. The summed E-state index contributed by atoms with van der Waals surface area (Å²) in [6.07, 6.45) is 5.05. The maximum Gasteiger partial charge on any atom is 0.243 e. The topological polar surface area (TPSA) is 72.2 Å². The number of terminal acetylenes is 1. The molecule has 0 heterocycles. The minimum Gasteiger partial charge on any atom is -0.399 e. The summed E-state index contributed by atoms with van der Waals surface area (Å²) >= 11 is 1.41. The molecule has 0 bridgehead atoms. The van der Waals surface area contributed by atoms with Crippen LogP contribution in [-0.4, -0.2) is 26.5 Å². The zero-order valence-electron chi connectivity index (χ0n) is 9.52. The fourth-order valence-corrected chi connectivity index (χ4v) is 2.96. The zero-order valence-corrected chi connectivity index (χ0v) is 11.2. The Labute approximate surface area is 110 Å². The summed E-state index contributed by atoms with van der Waals surface area (Å²) in [5.41, 5.74) is 5.63. The first-order valence-electron chi connectivity index (χ1n) is 5.03. The maximum absolute atomic E-state index is 13.4. The van der Waals surface area contributed by atoms with Gasteiger partial charge in [0.15, 0.2) is 0 Å². The van der Waals surface area contributed by atoms with Crippen LogP contribution in [0.25, 0.3) is 0 Å². The molecular weight excluding hydrogens is 275 g/mol. The highest BCUT2D eigenvalue weighted by Crippen LogP contribution is 2.17. The molecule has 1 aromatic carbocycles. The van der Waals surface area contributed by atoms with E-state index in [0.717, 1.165) is 12.1 Å². The van der Waals surface area contributed by atoms with Gasteiger partial charge in [0, 0.05) is 18.0 Å². The normalized spacial score (nSPS) is 11.1. The first-order chi connectivity index (χ1) is 8.47. The quantitative estimate of drug-likeness (QED) is 0.466. The van der Waals surface area contributed by atoms with Crippen molar-refractivity contribution in [2.75, 3.05) is 23.8 Å². The summed E-state index contributed by atoms with van der Waals surface area (Å²) in [5, 5.41) is 0. The lowest BCUT2D eigenvalue weighted by Crippen LogP contribution is -2.27. The molecule has 7 heteroatoms. The molecule has 0 spiro atoms. The van der Waals surface area contributed by atoms with Crippen LogP contribution >= 0.6 is 11.8 Å². The Kier molecular flexibility index (Phi) is 5.47. The smallest absolute Gasteiger partial charge is 0.243 e. The van der Waals surface area contributed by atoms with Crippen molar-refractivity contribution < 1.29 is 12.8 Å². The van der Waals surface area contributed by atoms with Crippen LogP contribution in [0.4, 0.5) is 10.1 Å². The molecular formula is C11H13FN2O2S2. The molecule has 0 fully saturated rings. The molecule has 0 saturated heterocycles. The molecule has 1 aromatic rings. The summed E-state index contributed by atoms with van der Waals surface area (Å²) in [6, 6.07) is 3.42. The molecule has 98 valence electrons. The number of benzene rings is 1. The van der Waals surface area contributed by atoms with Crippen molar-refractivity contribution in [2.24, 2.45) is 0 Å². The fraction of sp³-hybridized carbons (Fsp3) is 0.273. The number of nitrogen functional groups attached to an aromatic ring is 1. The van der Waals surface area contributed by atoms with Crippen LogP contribution in [-0.2, 0) is 10.0 Å². The van der Waals surface area contributed by atoms with Gasteiger partial charge < -0.3 is 5.73 Å². The van der Waals surface area contributed by atoms with E-state index in [-0.39, 0.29) is 12.2 Å². The second kappa shape index (κ2) is 6.64. The molecule has 0 aliphatic heterocycles. The lowest BCUT2D eigenvalue weighted by atomic mass is 10.3. The number of nitrogens with two attached hydrogens (primary N) is 1. The molecule has 1 rings (SSSR count). The lowest BCUT2D eigenvalue weighted by Gasteiger charge is -2.07. The summed E-state index contributed by atoms with van der Waals surface area (Å²) in [5.74, 6) is 2.63. The van der Waals surface area contributed by atoms with E-state index < -0.39 is 20.7 Å². The number of thioether (sulfide) groups is 1. The average molecular weight is 288 g/mol. The van der Waals surface area contributed by atoms with Gasteiger partial charge in [0.2, 0.25) is 10.0 Å². The van der Waals surface area contributed by atoms with Gasteiger partial charge in [0.1, 0.15) is 10.7 Å². The van der Waals surface area contributed by atoms with Crippen molar-refractivity contribution in [1.82, 2.24) is 4.72 Å². The van der Waals surface area contributed by atoms with Crippen LogP contribution in [0.5, 0.6) is 0 Å². The van der Waals surface area contributed by atoms with E-state index >= 15 is 0 Å². The average Bonchev–Trinajstić information content (AvgIpc) is 2.32. The van der Waals surface area contributed by atoms with E-state index in [2.05, 4.69) is 10.6 Å². The standard InChI is InChI=1S/C11H13FN2O2S2/c1-2-6-17-7-5-14-18(15,16)11-8-9(13)3-4-10(11)12/h1,3-4,8,14H,5-7,13H2. The fourth-order valence-electron chi connectivity index (χ4n) is 1.18. The molecule has 0 atom stereocenters. The van der Waals surface area contributed by atoms with Gasteiger partial charge in [-0.3, -0.25) is 0 Å². The Balaban J connectivity index is 2.69. The van der Waals surface area contributed by atoms with Crippen molar-refractivity contribution in [3.63, 3.8) is 0 Å². The Morgan fingerprint density at radius 3 is 2.89 bits per heavy atom. The Bertz CT molecular complexity index is 553. The van der Waals surface area contributed by atoms with Gasteiger partial charge in [-0.25, -0.2) is 17.5 Å². The number of halogens is 1. The molecule has 18 heavy (non-hydrogen) atoms. The van der Waals surface area contributed by atoms with Gasteiger partial charge in [-0.2, -0.15) is 0 Å². The van der Waals surface area contributed by atoms with E-state index in [4.69, 9.17) is 12.2 Å². The van der Waals surface area contributed by atoms with E-state index in [1.165, 1.54) is 17.8 Å². The van der Waals surface area contributed by atoms with E-state index in [9.17, 15) is 12.8 Å². The number of sulfonamides is 1. The summed E-state index contributed by atoms with van der Waals surface area (Å²) in [4.78, 5) is -0.440. The largest absolute Gasteiger partial charge is 0.399 e. The van der Waals surface area contributed by atoms with Gasteiger partial charge in [-0.15, -0.1) is 18.2 Å². The molecule has 0 aliphatic rings. The number of hydrogen-bond acceptors (Lipinski definition) is 4. The van der Waals surface area contributed by atoms with E-state index in [1.54, 1.807) is 0 Å². The van der Waals surface area contributed by atoms with Gasteiger partial charge in [0.05, 0.1) is 5.75 Å². The second-order valence-electron chi connectivity index (χ2n) is 3.34. The van der Waals surface area contributed by atoms with Crippen molar-refractivity contribution in [3.8, 4) is 12.3 Å². The highest BCUT2D eigenvalue weighted by atomic mass is 32.2. The number of rotatable bonds is 6. The van der Waals surface area contributed by atoms with Gasteiger partial charge in [-0.1, -0.05) is 5.92 Å². The van der Waals surface area contributed by atoms with Gasteiger partial charge >= 0.3 is 0 Å². The molecule has 0 aromatic heterocycles. The first-order valence-corrected chi connectivity index (χ1v) is 7.67. The van der Waals surface area contributed by atoms with Crippen molar-refractivity contribution in [1.29, 1.82) is 0 Å². The molecule has 0 amide bonds. The minimum atomic E-state index is -3.87. The Morgan fingerprint density at radius 1 is 1.50 bits per heavy atom.